The summed E-state index contributed by atoms with van der Waals surface area (Å²) in [4.78, 5) is 30.9. The molecule has 0 aliphatic rings. The van der Waals surface area contributed by atoms with Crippen LogP contribution >= 0.6 is 0 Å². The van der Waals surface area contributed by atoms with Crippen LogP contribution in [0.5, 0.6) is 0 Å². The van der Waals surface area contributed by atoms with Crippen LogP contribution in [0.25, 0.3) is 0 Å². The number of carbonyl (C=O) groups excluding carboxylic acids is 2. The minimum absolute atomic E-state index is 0.0156. The van der Waals surface area contributed by atoms with Crippen LogP contribution in [0.2, 0.25) is 0 Å². The third-order valence-electron chi connectivity index (χ3n) is 1.51. The van der Waals surface area contributed by atoms with E-state index in [4.69, 9.17) is 0 Å². The third kappa shape index (κ3) is 1.76. The van der Waals surface area contributed by atoms with Gasteiger partial charge in [0.15, 0.2) is 6.29 Å². The van der Waals surface area contributed by atoms with Gasteiger partial charge in [0.25, 0.3) is 0 Å². The van der Waals surface area contributed by atoms with Crippen molar-refractivity contribution < 1.29 is 9.59 Å². The maximum Gasteiger partial charge on any atom is 0.211 e. The molecule has 1 aromatic rings. The highest BCUT2D eigenvalue weighted by Crippen LogP contribution is 2.24. The molecule has 0 heterocycles. The van der Waals surface area contributed by atoms with Gasteiger partial charge in [-0.15, -0.1) is 4.91 Å². The third-order valence-corrected chi connectivity index (χ3v) is 1.51. The molecular weight excluding hydrogens is 172 g/mol. The molecule has 0 bridgehead atoms. The van der Waals surface area contributed by atoms with Gasteiger partial charge < -0.3 is 5.32 Å². The first-order valence-corrected chi connectivity index (χ1v) is 3.45. The highest BCUT2D eigenvalue weighted by atomic mass is 16.3. The fraction of sp³-hybridized carbons (Fsp3) is 0. The lowest BCUT2D eigenvalue weighted by molar-refractivity contribution is -0.105. The smallest absolute Gasteiger partial charge is 0.211 e. The fourth-order valence-electron chi connectivity index (χ4n) is 0.946. The predicted molar refractivity (Wildman–Crippen MR) is 47.0 cm³/mol. The summed E-state index contributed by atoms with van der Waals surface area (Å²) in [5.74, 6) is 0. The minimum Gasteiger partial charge on any atom is -0.328 e. The van der Waals surface area contributed by atoms with Crippen molar-refractivity contribution in [3.63, 3.8) is 0 Å². The van der Waals surface area contributed by atoms with Gasteiger partial charge in [0.1, 0.15) is 5.69 Å². The lowest BCUT2D eigenvalue weighted by Crippen LogP contribution is -1.97. The number of amides is 1. The first-order valence-electron chi connectivity index (χ1n) is 3.45. The average Bonchev–Trinajstić information content (AvgIpc) is 2.18. The van der Waals surface area contributed by atoms with Crippen molar-refractivity contribution >= 4 is 24.1 Å². The van der Waals surface area contributed by atoms with Crippen molar-refractivity contribution in [3.8, 4) is 0 Å². The second kappa shape index (κ2) is 4.10. The number of rotatable bonds is 4. The standard InChI is InChI=1S/C8H6N2O3/c11-4-6-7(9-5-12)2-1-3-8(6)10-13/h1-5H,(H,9,12). The first kappa shape index (κ1) is 9.05. The maximum absolute atomic E-state index is 10.5. The summed E-state index contributed by atoms with van der Waals surface area (Å²) >= 11 is 0. The molecule has 0 aliphatic heterocycles. The van der Waals surface area contributed by atoms with Crippen molar-refractivity contribution in [3.05, 3.63) is 28.7 Å². The van der Waals surface area contributed by atoms with Crippen molar-refractivity contribution in [2.75, 3.05) is 5.32 Å². The van der Waals surface area contributed by atoms with E-state index in [-0.39, 0.29) is 16.9 Å². The van der Waals surface area contributed by atoms with Crippen LogP contribution in [0.15, 0.2) is 23.4 Å². The Bertz CT molecular complexity index is 349. The Hall–Kier alpha value is -2.04. The van der Waals surface area contributed by atoms with E-state index in [1.54, 1.807) is 0 Å². The molecule has 1 aromatic carbocycles. The quantitative estimate of drug-likeness (QED) is 0.560. The molecule has 1 rings (SSSR count). The number of nitrogens with one attached hydrogen (secondary N) is 1. The maximum atomic E-state index is 10.5. The van der Waals surface area contributed by atoms with Crippen molar-refractivity contribution in [2.45, 2.75) is 0 Å². The molecule has 13 heavy (non-hydrogen) atoms. The second-order valence-electron chi connectivity index (χ2n) is 2.21. The highest BCUT2D eigenvalue weighted by Gasteiger charge is 2.06. The number of aldehydes is 1. The summed E-state index contributed by atoms with van der Waals surface area (Å²) < 4.78 is 0. The van der Waals surface area contributed by atoms with E-state index < -0.39 is 0 Å². The first-order chi connectivity index (χ1) is 6.33. The molecule has 5 heteroatoms. The molecule has 66 valence electrons. The molecule has 0 aliphatic carbocycles. The number of benzene rings is 1. The lowest BCUT2D eigenvalue weighted by Gasteiger charge is -2.02. The molecule has 0 radical (unpaired) electrons. The van der Waals surface area contributed by atoms with E-state index in [1.165, 1.54) is 18.2 Å². The van der Waals surface area contributed by atoms with Crippen LogP contribution < -0.4 is 5.32 Å². The Kier molecular flexibility index (Phi) is 2.86. The number of anilines is 1. The summed E-state index contributed by atoms with van der Waals surface area (Å²) in [6.07, 6.45) is 0.902. The van der Waals surface area contributed by atoms with Gasteiger partial charge >= 0.3 is 0 Å². The lowest BCUT2D eigenvalue weighted by atomic mass is 10.1. The van der Waals surface area contributed by atoms with Crippen LogP contribution in [0.4, 0.5) is 11.4 Å². The van der Waals surface area contributed by atoms with E-state index in [0.29, 0.717) is 12.7 Å². The van der Waals surface area contributed by atoms with Gasteiger partial charge in [-0.2, -0.15) is 0 Å². The molecule has 0 saturated heterocycles. The van der Waals surface area contributed by atoms with E-state index >= 15 is 0 Å². The Labute approximate surface area is 73.7 Å². The minimum atomic E-state index is 0.0156. The topological polar surface area (TPSA) is 75.6 Å². The summed E-state index contributed by atoms with van der Waals surface area (Å²) in [6.45, 7) is 0. The van der Waals surface area contributed by atoms with Gasteiger partial charge in [-0.1, -0.05) is 6.07 Å². The summed E-state index contributed by atoms with van der Waals surface area (Å²) in [7, 11) is 0. The number of carbonyl (C=O) groups is 2. The molecule has 1 amide bonds. The summed E-state index contributed by atoms with van der Waals surface area (Å²) in [5.41, 5.74) is 0.383. The molecule has 0 atom stereocenters. The van der Waals surface area contributed by atoms with Gasteiger partial charge in [0, 0.05) is 0 Å². The molecule has 0 saturated carbocycles. The van der Waals surface area contributed by atoms with Crippen molar-refractivity contribution in [1.29, 1.82) is 0 Å². The molecule has 5 nitrogen and oxygen atoms in total. The largest absolute Gasteiger partial charge is 0.328 e. The van der Waals surface area contributed by atoms with Gasteiger partial charge in [-0.3, -0.25) is 9.59 Å². The van der Waals surface area contributed by atoms with Gasteiger partial charge in [0.2, 0.25) is 6.41 Å². The normalized spacial score (nSPS) is 8.92. The van der Waals surface area contributed by atoms with Gasteiger partial charge in [-0.05, 0) is 17.3 Å². The highest BCUT2D eigenvalue weighted by molar-refractivity contribution is 5.94. The number of nitrogens with zero attached hydrogens (tertiary/aromatic N) is 1. The molecule has 0 spiro atoms. The van der Waals surface area contributed by atoms with Crippen molar-refractivity contribution in [1.82, 2.24) is 0 Å². The number of hydrogen-bond acceptors (Lipinski definition) is 4. The van der Waals surface area contributed by atoms with Crippen LogP contribution in [0, 0.1) is 4.91 Å². The SMILES string of the molecule is O=CNc1cccc(N=O)c1C=O. The van der Waals surface area contributed by atoms with Gasteiger partial charge in [-0.25, -0.2) is 0 Å². The fourth-order valence-corrected chi connectivity index (χ4v) is 0.946. The van der Waals surface area contributed by atoms with Gasteiger partial charge in [0.05, 0.1) is 11.3 Å². The second-order valence-corrected chi connectivity index (χ2v) is 2.21. The summed E-state index contributed by atoms with van der Waals surface area (Å²) in [5, 5.41) is 4.94. The Morgan fingerprint density at radius 1 is 1.31 bits per heavy atom. The zero-order valence-electron chi connectivity index (χ0n) is 6.56. The molecule has 0 unspecified atom stereocenters. The van der Waals surface area contributed by atoms with E-state index in [9.17, 15) is 14.5 Å². The zero-order valence-corrected chi connectivity index (χ0v) is 6.56. The van der Waals surface area contributed by atoms with Crippen LogP contribution in [-0.4, -0.2) is 12.7 Å². The van der Waals surface area contributed by atoms with E-state index in [1.807, 2.05) is 0 Å². The monoisotopic (exact) mass is 178 g/mol. The van der Waals surface area contributed by atoms with Crippen LogP contribution in [-0.2, 0) is 4.79 Å². The molecular formula is C8H6N2O3. The number of hydrogen-bond donors (Lipinski definition) is 1. The average molecular weight is 178 g/mol. The zero-order chi connectivity index (χ0) is 9.68. The Morgan fingerprint density at radius 3 is 2.62 bits per heavy atom. The summed E-state index contributed by atoms with van der Waals surface area (Å²) in [6, 6.07) is 4.43. The molecule has 0 aromatic heterocycles. The van der Waals surface area contributed by atoms with E-state index in [0.717, 1.165) is 0 Å². The van der Waals surface area contributed by atoms with Crippen LogP contribution in [0.1, 0.15) is 10.4 Å². The van der Waals surface area contributed by atoms with Crippen LogP contribution in [0.3, 0.4) is 0 Å². The Morgan fingerprint density at radius 2 is 2.08 bits per heavy atom. The van der Waals surface area contributed by atoms with Crippen molar-refractivity contribution in [2.24, 2.45) is 5.18 Å². The molecule has 0 fully saturated rings. The Balaban J connectivity index is 3.25. The molecule has 1 N–H and O–H groups in total. The number of nitroso groups, excluding NO2 is 1. The van der Waals surface area contributed by atoms with E-state index in [2.05, 4.69) is 10.5 Å². The predicted octanol–water partition coefficient (Wildman–Crippen LogP) is 1.47.